The summed E-state index contributed by atoms with van der Waals surface area (Å²) in [5.41, 5.74) is 2.31. The molecule has 1 atom stereocenters. The highest BCUT2D eigenvalue weighted by Gasteiger charge is 2.26. The van der Waals surface area contributed by atoms with Crippen LogP contribution in [-0.4, -0.2) is 22.2 Å². The summed E-state index contributed by atoms with van der Waals surface area (Å²) < 4.78 is 7.82. The summed E-state index contributed by atoms with van der Waals surface area (Å²) in [5.74, 6) is 0.399. The molecule has 130 valence electrons. The number of aromatic carboxylic acids is 1. The third kappa shape index (κ3) is 2.95. The minimum absolute atomic E-state index is 0.139. The van der Waals surface area contributed by atoms with Gasteiger partial charge in [0.25, 0.3) is 0 Å². The monoisotopic (exact) mass is 339 g/mol. The van der Waals surface area contributed by atoms with Crippen LogP contribution >= 0.6 is 0 Å². The molecular weight excluding hydrogens is 318 g/mol. The van der Waals surface area contributed by atoms with Crippen LogP contribution in [0.4, 0.5) is 0 Å². The van der Waals surface area contributed by atoms with E-state index < -0.39 is 11.4 Å². The van der Waals surface area contributed by atoms with E-state index in [0.29, 0.717) is 5.92 Å². The topological polar surface area (TPSA) is 68.5 Å². The second kappa shape index (κ2) is 6.06. The van der Waals surface area contributed by atoms with Gasteiger partial charge in [0.05, 0.1) is 12.3 Å². The first-order valence-corrected chi connectivity index (χ1v) is 8.82. The van der Waals surface area contributed by atoms with E-state index in [9.17, 15) is 14.7 Å². The van der Waals surface area contributed by atoms with Crippen LogP contribution in [0, 0.1) is 5.92 Å². The Morgan fingerprint density at radius 2 is 2.12 bits per heavy atom. The molecule has 1 fully saturated rings. The summed E-state index contributed by atoms with van der Waals surface area (Å²) in [5, 5.41) is 9.24. The van der Waals surface area contributed by atoms with Crippen molar-refractivity contribution in [3.8, 4) is 17.0 Å². The van der Waals surface area contributed by atoms with Crippen LogP contribution in [0.25, 0.3) is 11.3 Å². The van der Waals surface area contributed by atoms with E-state index in [2.05, 4.69) is 13.0 Å². The smallest absolute Gasteiger partial charge is 0.341 e. The molecule has 4 rings (SSSR count). The Kier molecular flexibility index (Phi) is 3.86. The van der Waals surface area contributed by atoms with Gasteiger partial charge in [-0.15, -0.1) is 0 Å². The number of rotatable bonds is 5. The van der Waals surface area contributed by atoms with Crippen LogP contribution < -0.4 is 10.2 Å². The number of nitrogens with zero attached hydrogens (tertiary/aromatic N) is 1. The van der Waals surface area contributed by atoms with Crippen molar-refractivity contribution in [1.29, 1.82) is 0 Å². The molecule has 1 aromatic carbocycles. The predicted octanol–water partition coefficient (Wildman–Crippen LogP) is 3.51. The number of benzene rings is 1. The Hall–Kier alpha value is -2.56. The first kappa shape index (κ1) is 15.9. The van der Waals surface area contributed by atoms with Crippen LogP contribution in [0.2, 0.25) is 0 Å². The standard InChI is InChI=1S/C20H21NO4/c1-2-14-7-13-8-15(25-11-12-3-4-12)5-6-16(13)18-9-19(22)17(20(23)24)10-21(14)18/h5-6,8-10,12,14H,2-4,7,11H2,1H3,(H,23,24). The molecule has 25 heavy (non-hydrogen) atoms. The average molecular weight is 339 g/mol. The minimum atomic E-state index is -1.18. The van der Waals surface area contributed by atoms with Gasteiger partial charge in [-0.05, 0) is 55.4 Å². The van der Waals surface area contributed by atoms with E-state index in [1.54, 1.807) is 0 Å². The fourth-order valence-corrected chi connectivity index (χ4v) is 3.50. The van der Waals surface area contributed by atoms with E-state index in [1.165, 1.54) is 25.1 Å². The quantitative estimate of drug-likeness (QED) is 0.905. The Balaban J connectivity index is 1.76. The molecule has 0 saturated heterocycles. The summed E-state index contributed by atoms with van der Waals surface area (Å²) in [7, 11) is 0. The minimum Gasteiger partial charge on any atom is -0.493 e. The largest absolute Gasteiger partial charge is 0.493 e. The Morgan fingerprint density at radius 1 is 1.32 bits per heavy atom. The molecule has 5 nitrogen and oxygen atoms in total. The number of carboxylic acids is 1. The number of fused-ring (bicyclic) bond motifs is 3. The lowest BCUT2D eigenvalue weighted by Crippen LogP contribution is -2.25. The van der Waals surface area contributed by atoms with E-state index in [-0.39, 0.29) is 11.6 Å². The SMILES string of the molecule is CCC1Cc2cc(OCC3CC3)ccc2-c2cc(=O)c(C(=O)O)cn21. The van der Waals surface area contributed by atoms with Crippen LogP contribution in [0.15, 0.2) is 35.3 Å². The number of aromatic nitrogens is 1. The lowest BCUT2D eigenvalue weighted by Gasteiger charge is -2.30. The second-order valence-corrected chi connectivity index (χ2v) is 6.99. The van der Waals surface area contributed by atoms with Gasteiger partial charge in [-0.1, -0.05) is 6.92 Å². The highest BCUT2D eigenvalue weighted by Crippen LogP contribution is 2.37. The Morgan fingerprint density at radius 3 is 2.80 bits per heavy atom. The van der Waals surface area contributed by atoms with Crippen molar-refractivity contribution in [1.82, 2.24) is 4.57 Å². The van der Waals surface area contributed by atoms with Crippen LogP contribution in [0.3, 0.4) is 0 Å². The maximum absolute atomic E-state index is 12.2. The van der Waals surface area contributed by atoms with Gasteiger partial charge in [0, 0.05) is 23.9 Å². The van der Waals surface area contributed by atoms with Gasteiger partial charge in [-0.2, -0.15) is 0 Å². The molecule has 1 N–H and O–H groups in total. The van der Waals surface area contributed by atoms with E-state index in [1.807, 2.05) is 16.7 Å². The maximum Gasteiger partial charge on any atom is 0.341 e. The second-order valence-electron chi connectivity index (χ2n) is 6.99. The van der Waals surface area contributed by atoms with E-state index in [4.69, 9.17) is 4.74 Å². The normalized spacial score (nSPS) is 18.4. The Bertz CT molecular complexity index is 895. The third-order valence-corrected chi connectivity index (χ3v) is 5.17. The first-order valence-electron chi connectivity index (χ1n) is 8.82. The molecule has 0 bridgehead atoms. The molecule has 2 aromatic rings. The summed E-state index contributed by atoms with van der Waals surface area (Å²) >= 11 is 0. The van der Waals surface area contributed by atoms with Crippen molar-refractivity contribution >= 4 is 5.97 Å². The average Bonchev–Trinajstić information content (AvgIpc) is 3.42. The van der Waals surface area contributed by atoms with Crippen molar-refractivity contribution in [3.05, 3.63) is 51.8 Å². The molecular formula is C20H21NO4. The number of carbonyl (C=O) groups is 1. The van der Waals surface area contributed by atoms with Gasteiger partial charge in [-0.3, -0.25) is 4.79 Å². The molecule has 0 radical (unpaired) electrons. The van der Waals surface area contributed by atoms with Crippen molar-refractivity contribution in [3.63, 3.8) is 0 Å². The maximum atomic E-state index is 12.2. The zero-order valence-corrected chi connectivity index (χ0v) is 14.2. The van der Waals surface area contributed by atoms with Gasteiger partial charge in [0.15, 0.2) is 5.43 Å². The van der Waals surface area contributed by atoms with Gasteiger partial charge >= 0.3 is 5.97 Å². The fourth-order valence-electron chi connectivity index (χ4n) is 3.50. The zero-order valence-electron chi connectivity index (χ0n) is 14.2. The van der Waals surface area contributed by atoms with Gasteiger partial charge < -0.3 is 14.4 Å². The summed E-state index contributed by atoms with van der Waals surface area (Å²) in [6.45, 7) is 2.85. The molecule has 0 amide bonds. The van der Waals surface area contributed by atoms with Crippen LogP contribution in [0.5, 0.6) is 5.75 Å². The lowest BCUT2D eigenvalue weighted by atomic mass is 9.91. The molecule has 1 aliphatic heterocycles. The number of carboxylic acid groups (broad SMARTS) is 1. The van der Waals surface area contributed by atoms with Crippen LogP contribution in [0.1, 0.15) is 48.1 Å². The van der Waals surface area contributed by atoms with Gasteiger partial charge in [0.1, 0.15) is 11.3 Å². The highest BCUT2D eigenvalue weighted by atomic mass is 16.5. The summed E-state index contributed by atoms with van der Waals surface area (Å²) in [6, 6.07) is 7.58. The van der Waals surface area contributed by atoms with Gasteiger partial charge in [0.2, 0.25) is 0 Å². The third-order valence-electron chi connectivity index (χ3n) is 5.17. The fraction of sp³-hybridized carbons (Fsp3) is 0.400. The molecule has 2 aliphatic rings. The van der Waals surface area contributed by atoms with E-state index in [0.717, 1.165) is 42.0 Å². The lowest BCUT2D eigenvalue weighted by molar-refractivity contribution is 0.0694. The summed E-state index contributed by atoms with van der Waals surface area (Å²) in [4.78, 5) is 23.5. The predicted molar refractivity (Wildman–Crippen MR) is 94.3 cm³/mol. The van der Waals surface area contributed by atoms with Crippen LogP contribution in [-0.2, 0) is 6.42 Å². The summed E-state index contributed by atoms with van der Waals surface area (Å²) in [6.07, 6.45) is 5.67. The van der Waals surface area contributed by atoms with Crippen molar-refractivity contribution in [2.45, 2.75) is 38.6 Å². The first-order chi connectivity index (χ1) is 12.1. The van der Waals surface area contributed by atoms with Gasteiger partial charge in [-0.25, -0.2) is 4.79 Å². The Labute approximate surface area is 145 Å². The molecule has 0 spiro atoms. The number of hydrogen-bond acceptors (Lipinski definition) is 3. The van der Waals surface area contributed by atoms with Crippen molar-refractivity contribution in [2.24, 2.45) is 5.92 Å². The molecule has 2 heterocycles. The van der Waals surface area contributed by atoms with Crippen molar-refractivity contribution < 1.29 is 14.6 Å². The number of hydrogen-bond donors (Lipinski definition) is 1. The molecule has 5 heteroatoms. The zero-order chi connectivity index (χ0) is 17.6. The molecule has 1 aromatic heterocycles. The highest BCUT2D eigenvalue weighted by molar-refractivity contribution is 5.87. The molecule has 1 unspecified atom stereocenters. The molecule has 1 saturated carbocycles. The number of pyridine rings is 1. The number of ether oxygens (including phenoxy) is 1. The van der Waals surface area contributed by atoms with E-state index >= 15 is 0 Å². The molecule has 1 aliphatic carbocycles. The van der Waals surface area contributed by atoms with Crippen molar-refractivity contribution in [2.75, 3.05) is 6.61 Å².